The Morgan fingerprint density at radius 3 is 2.69 bits per heavy atom. The first-order valence-electron chi connectivity index (χ1n) is 8.71. The zero-order valence-corrected chi connectivity index (χ0v) is 15.1. The SMILES string of the molecule is COc1cc2c(cc1C)C(=O)[C@@H]([C@@]1(O)C(=O)N(C)c3ccccc31)CC2. The normalized spacial score (nSPS) is 24.5. The summed E-state index contributed by atoms with van der Waals surface area (Å²) >= 11 is 0. The van der Waals surface area contributed by atoms with Crippen LogP contribution in [0, 0.1) is 12.8 Å². The lowest BCUT2D eigenvalue weighted by molar-refractivity contribution is -0.140. The van der Waals surface area contributed by atoms with Gasteiger partial charge in [-0.1, -0.05) is 18.2 Å². The topological polar surface area (TPSA) is 66.8 Å². The summed E-state index contributed by atoms with van der Waals surface area (Å²) in [6.07, 6.45) is 1.03. The van der Waals surface area contributed by atoms with E-state index in [-0.39, 0.29) is 5.78 Å². The quantitative estimate of drug-likeness (QED) is 0.903. The number of amides is 1. The molecule has 2 aromatic rings. The van der Waals surface area contributed by atoms with Gasteiger partial charge < -0.3 is 14.7 Å². The molecule has 0 radical (unpaired) electrons. The molecule has 0 saturated heterocycles. The molecule has 26 heavy (non-hydrogen) atoms. The smallest absolute Gasteiger partial charge is 0.264 e. The van der Waals surface area contributed by atoms with E-state index in [1.807, 2.05) is 19.1 Å². The molecule has 5 heteroatoms. The van der Waals surface area contributed by atoms with Gasteiger partial charge in [-0.05, 0) is 49.1 Å². The number of carbonyl (C=O) groups is 2. The van der Waals surface area contributed by atoms with Gasteiger partial charge in [-0.2, -0.15) is 0 Å². The third-order valence-corrected chi connectivity index (χ3v) is 5.72. The number of rotatable bonds is 2. The Kier molecular flexibility index (Phi) is 3.66. The Morgan fingerprint density at radius 1 is 1.23 bits per heavy atom. The highest BCUT2D eigenvalue weighted by atomic mass is 16.5. The lowest BCUT2D eigenvalue weighted by Gasteiger charge is -2.34. The number of fused-ring (bicyclic) bond motifs is 2. The Bertz CT molecular complexity index is 936. The number of carbonyl (C=O) groups excluding carboxylic acids is 2. The maximum Gasteiger partial charge on any atom is 0.264 e. The molecular formula is C21H21NO4. The molecule has 2 aliphatic rings. The number of nitrogens with zero attached hydrogens (tertiary/aromatic N) is 1. The highest BCUT2D eigenvalue weighted by Crippen LogP contribution is 2.48. The van der Waals surface area contributed by atoms with E-state index in [9.17, 15) is 14.7 Å². The molecule has 5 nitrogen and oxygen atoms in total. The van der Waals surface area contributed by atoms with Crippen LogP contribution in [0.25, 0.3) is 0 Å². The van der Waals surface area contributed by atoms with Crippen LogP contribution in [-0.4, -0.2) is 31.0 Å². The van der Waals surface area contributed by atoms with Crippen LogP contribution in [0.1, 0.15) is 33.5 Å². The van der Waals surface area contributed by atoms with E-state index in [0.717, 1.165) is 16.9 Å². The van der Waals surface area contributed by atoms with E-state index >= 15 is 0 Å². The van der Waals surface area contributed by atoms with E-state index < -0.39 is 17.4 Å². The third-order valence-electron chi connectivity index (χ3n) is 5.72. The standard InChI is InChI=1S/C21H21NO4/c1-12-10-14-13(11-18(12)26-3)8-9-16(19(14)23)21(25)15-6-4-5-7-17(15)22(2)20(21)24/h4-7,10-11,16,25H,8-9H2,1-3H3/t16-,21+/m0/s1. The minimum Gasteiger partial charge on any atom is -0.496 e. The lowest BCUT2D eigenvalue weighted by atomic mass is 9.71. The zero-order valence-electron chi connectivity index (χ0n) is 15.1. The monoisotopic (exact) mass is 351 g/mol. The number of aliphatic hydroxyl groups is 1. The number of aryl methyl sites for hydroxylation is 2. The highest BCUT2D eigenvalue weighted by molar-refractivity contribution is 6.12. The zero-order chi connectivity index (χ0) is 18.6. The molecule has 4 rings (SSSR count). The third kappa shape index (κ3) is 2.07. The summed E-state index contributed by atoms with van der Waals surface area (Å²) in [4.78, 5) is 27.6. The van der Waals surface area contributed by atoms with Crippen molar-refractivity contribution in [3.8, 4) is 5.75 Å². The van der Waals surface area contributed by atoms with Gasteiger partial charge in [0.1, 0.15) is 5.75 Å². The van der Waals surface area contributed by atoms with Crippen LogP contribution in [0.3, 0.4) is 0 Å². The molecule has 0 unspecified atom stereocenters. The predicted molar refractivity (Wildman–Crippen MR) is 97.6 cm³/mol. The molecular weight excluding hydrogens is 330 g/mol. The van der Waals surface area contributed by atoms with Gasteiger partial charge >= 0.3 is 0 Å². The van der Waals surface area contributed by atoms with Gasteiger partial charge in [0, 0.05) is 18.2 Å². The van der Waals surface area contributed by atoms with Gasteiger partial charge in [-0.25, -0.2) is 0 Å². The average Bonchev–Trinajstić information content (AvgIpc) is 2.84. The van der Waals surface area contributed by atoms with E-state index in [1.165, 1.54) is 4.90 Å². The summed E-state index contributed by atoms with van der Waals surface area (Å²) in [6, 6.07) is 10.8. The number of para-hydroxylation sites is 1. The number of hydrogen-bond acceptors (Lipinski definition) is 4. The summed E-state index contributed by atoms with van der Waals surface area (Å²) < 4.78 is 5.35. The van der Waals surface area contributed by atoms with Crippen molar-refractivity contribution in [1.82, 2.24) is 0 Å². The van der Waals surface area contributed by atoms with Crippen molar-refractivity contribution in [3.05, 3.63) is 58.7 Å². The molecule has 1 heterocycles. The minimum absolute atomic E-state index is 0.182. The molecule has 0 saturated carbocycles. The molecule has 2 atom stereocenters. The summed E-state index contributed by atoms with van der Waals surface area (Å²) in [6.45, 7) is 1.88. The molecule has 1 aliphatic heterocycles. The van der Waals surface area contributed by atoms with Gasteiger partial charge in [0.05, 0.1) is 18.7 Å². The van der Waals surface area contributed by atoms with Crippen molar-refractivity contribution in [1.29, 1.82) is 0 Å². The fourth-order valence-corrected chi connectivity index (χ4v) is 4.31. The predicted octanol–water partition coefficient (Wildman–Crippen LogP) is 2.61. The maximum atomic E-state index is 13.3. The van der Waals surface area contributed by atoms with Crippen LogP contribution < -0.4 is 9.64 Å². The van der Waals surface area contributed by atoms with Crippen molar-refractivity contribution in [2.24, 2.45) is 5.92 Å². The van der Waals surface area contributed by atoms with Gasteiger partial charge in [0.25, 0.3) is 5.91 Å². The van der Waals surface area contributed by atoms with Crippen molar-refractivity contribution in [2.45, 2.75) is 25.4 Å². The lowest BCUT2D eigenvalue weighted by Crippen LogP contribution is -2.49. The summed E-state index contributed by atoms with van der Waals surface area (Å²) in [5.41, 5.74) is 1.71. The molecule has 0 fully saturated rings. The average molecular weight is 351 g/mol. The van der Waals surface area contributed by atoms with E-state index in [2.05, 4.69) is 0 Å². The van der Waals surface area contributed by atoms with Crippen molar-refractivity contribution < 1.29 is 19.4 Å². The van der Waals surface area contributed by atoms with Crippen LogP contribution in [-0.2, 0) is 16.8 Å². The molecule has 0 spiro atoms. The first-order valence-corrected chi connectivity index (χ1v) is 8.71. The molecule has 1 amide bonds. The first-order chi connectivity index (χ1) is 12.4. The summed E-state index contributed by atoms with van der Waals surface area (Å²) in [5.74, 6) is -0.666. The Morgan fingerprint density at radius 2 is 1.96 bits per heavy atom. The molecule has 2 aromatic carbocycles. The highest BCUT2D eigenvalue weighted by Gasteiger charge is 2.56. The maximum absolute atomic E-state index is 13.3. The van der Waals surface area contributed by atoms with E-state index in [4.69, 9.17) is 4.74 Å². The van der Waals surface area contributed by atoms with Gasteiger partial charge in [0.15, 0.2) is 11.4 Å². The van der Waals surface area contributed by atoms with Crippen molar-refractivity contribution in [2.75, 3.05) is 19.1 Å². The largest absolute Gasteiger partial charge is 0.496 e. The fraction of sp³-hybridized carbons (Fsp3) is 0.333. The number of Topliss-reactive ketones (excluding diaryl/α,β-unsaturated/α-hetero) is 1. The van der Waals surface area contributed by atoms with Crippen molar-refractivity contribution in [3.63, 3.8) is 0 Å². The second-order valence-corrected chi connectivity index (χ2v) is 7.08. The molecule has 0 bridgehead atoms. The molecule has 134 valence electrons. The number of benzene rings is 2. The fourth-order valence-electron chi connectivity index (χ4n) is 4.31. The van der Waals surface area contributed by atoms with E-state index in [1.54, 1.807) is 38.4 Å². The number of anilines is 1. The molecule has 1 aliphatic carbocycles. The van der Waals surface area contributed by atoms with E-state index in [0.29, 0.717) is 29.7 Å². The molecule has 0 aromatic heterocycles. The number of methoxy groups -OCH3 is 1. The molecule has 1 N–H and O–H groups in total. The van der Waals surface area contributed by atoms with Gasteiger partial charge in [-0.15, -0.1) is 0 Å². The summed E-state index contributed by atoms with van der Waals surface area (Å²) in [5, 5.41) is 11.4. The Labute approximate surface area is 152 Å². The van der Waals surface area contributed by atoms with Crippen LogP contribution in [0.15, 0.2) is 36.4 Å². The van der Waals surface area contributed by atoms with Gasteiger partial charge in [0.2, 0.25) is 0 Å². The second kappa shape index (κ2) is 5.68. The van der Waals surface area contributed by atoms with Crippen LogP contribution in [0.4, 0.5) is 5.69 Å². The summed E-state index contributed by atoms with van der Waals surface area (Å²) in [7, 11) is 3.24. The van der Waals surface area contributed by atoms with Crippen LogP contribution in [0.5, 0.6) is 5.75 Å². The Balaban J connectivity index is 1.82. The first kappa shape index (κ1) is 16.8. The van der Waals surface area contributed by atoms with Gasteiger partial charge in [-0.3, -0.25) is 9.59 Å². The number of likely N-dealkylation sites (N-methyl/N-ethyl adjacent to an activating group) is 1. The number of ketones is 1. The Hall–Kier alpha value is -2.66. The van der Waals surface area contributed by atoms with Crippen LogP contribution in [0.2, 0.25) is 0 Å². The van der Waals surface area contributed by atoms with Crippen molar-refractivity contribution >= 4 is 17.4 Å². The minimum atomic E-state index is -1.81. The second-order valence-electron chi connectivity index (χ2n) is 7.08. The number of hydrogen-bond donors (Lipinski definition) is 1. The number of ether oxygens (including phenoxy) is 1. The van der Waals surface area contributed by atoms with Crippen LogP contribution >= 0.6 is 0 Å².